The standard InChI is InChI=1S/C17H19N3O/c1-12(2)17(21)13-8-9-20(10-13)11-15-14-6-4-5-7-16(14)19(3)18-15/h4-10,12H,11H2,1-3H3. The van der Waals surface area contributed by atoms with E-state index in [2.05, 4.69) is 17.2 Å². The number of carbonyl (C=O) groups is 1. The second-order valence-corrected chi connectivity index (χ2v) is 5.68. The zero-order valence-corrected chi connectivity index (χ0v) is 12.6. The Morgan fingerprint density at radius 2 is 2.00 bits per heavy atom. The topological polar surface area (TPSA) is 39.8 Å². The smallest absolute Gasteiger partial charge is 0.166 e. The molecule has 3 rings (SSSR count). The van der Waals surface area contributed by atoms with E-state index in [1.807, 2.05) is 60.7 Å². The van der Waals surface area contributed by atoms with E-state index < -0.39 is 0 Å². The van der Waals surface area contributed by atoms with E-state index in [-0.39, 0.29) is 11.7 Å². The monoisotopic (exact) mass is 281 g/mol. The van der Waals surface area contributed by atoms with Gasteiger partial charge in [-0.05, 0) is 12.1 Å². The minimum atomic E-state index is 0.0246. The third-order valence-corrected chi connectivity index (χ3v) is 3.73. The highest BCUT2D eigenvalue weighted by atomic mass is 16.1. The lowest BCUT2D eigenvalue weighted by atomic mass is 10.0. The maximum Gasteiger partial charge on any atom is 0.166 e. The summed E-state index contributed by atoms with van der Waals surface area (Å²) in [5.74, 6) is 0.205. The van der Waals surface area contributed by atoms with Gasteiger partial charge in [0.2, 0.25) is 0 Å². The van der Waals surface area contributed by atoms with Crippen LogP contribution in [0.1, 0.15) is 29.9 Å². The first-order valence-electron chi connectivity index (χ1n) is 7.17. The number of aryl methyl sites for hydroxylation is 1. The number of hydrogen-bond donors (Lipinski definition) is 0. The van der Waals surface area contributed by atoms with Gasteiger partial charge in [0.05, 0.1) is 17.8 Å². The third-order valence-electron chi connectivity index (χ3n) is 3.73. The van der Waals surface area contributed by atoms with E-state index in [1.165, 1.54) is 0 Å². The van der Waals surface area contributed by atoms with Crippen LogP contribution in [0.5, 0.6) is 0 Å². The van der Waals surface area contributed by atoms with E-state index in [0.29, 0.717) is 6.54 Å². The Balaban J connectivity index is 1.91. The molecule has 0 radical (unpaired) electrons. The lowest BCUT2D eigenvalue weighted by Crippen LogP contribution is -2.06. The number of carbonyl (C=O) groups excluding carboxylic acids is 1. The summed E-state index contributed by atoms with van der Waals surface area (Å²) in [7, 11) is 1.95. The number of fused-ring (bicyclic) bond motifs is 1. The van der Waals surface area contributed by atoms with Crippen LogP contribution in [0.2, 0.25) is 0 Å². The van der Waals surface area contributed by atoms with Crippen LogP contribution in [0.4, 0.5) is 0 Å². The van der Waals surface area contributed by atoms with Crippen molar-refractivity contribution in [2.75, 3.05) is 0 Å². The number of para-hydroxylation sites is 1. The Morgan fingerprint density at radius 3 is 2.76 bits per heavy atom. The average molecular weight is 281 g/mol. The number of Topliss-reactive ketones (excluding diaryl/α,β-unsaturated/α-hetero) is 1. The molecule has 1 aromatic carbocycles. The van der Waals surface area contributed by atoms with Crippen molar-refractivity contribution in [2.24, 2.45) is 13.0 Å². The molecule has 2 aromatic heterocycles. The van der Waals surface area contributed by atoms with Crippen molar-refractivity contribution in [1.29, 1.82) is 0 Å². The van der Waals surface area contributed by atoms with Crippen molar-refractivity contribution >= 4 is 16.7 Å². The molecule has 0 amide bonds. The molecule has 21 heavy (non-hydrogen) atoms. The number of rotatable bonds is 4. The predicted molar refractivity (Wildman–Crippen MR) is 83.4 cm³/mol. The molecule has 0 aliphatic carbocycles. The van der Waals surface area contributed by atoms with Crippen molar-refractivity contribution in [1.82, 2.24) is 14.3 Å². The SMILES string of the molecule is CC(C)C(=O)c1ccn(Cc2nn(C)c3ccccc23)c1. The molecule has 0 aliphatic heterocycles. The first-order chi connectivity index (χ1) is 10.1. The minimum absolute atomic E-state index is 0.0246. The van der Waals surface area contributed by atoms with Crippen LogP contribution in [0, 0.1) is 5.92 Å². The fraction of sp³-hybridized carbons (Fsp3) is 0.294. The van der Waals surface area contributed by atoms with E-state index in [4.69, 9.17) is 0 Å². The molecule has 2 heterocycles. The van der Waals surface area contributed by atoms with Crippen LogP contribution in [-0.4, -0.2) is 20.1 Å². The fourth-order valence-corrected chi connectivity index (χ4v) is 2.60. The van der Waals surface area contributed by atoms with Crippen LogP contribution >= 0.6 is 0 Å². The maximum atomic E-state index is 12.0. The van der Waals surface area contributed by atoms with Crippen LogP contribution in [0.3, 0.4) is 0 Å². The van der Waals surface area contributed by atoms with Crippen molar-refractivity contribution in [2.45, 2.75) is 20.4 Å². The number of nitrogens with zero attached hydrogens (tertiary/aromatic N) is 3. The molecule has 0 bridgehead atoms. The van der Waals surface area contributed by atoms with Crippen LogP contribution in [0.25, 0.3) is 10.9 Å². The maximum absolute atomic E-state index is 12.0. The van der Waals surface area contributed by atoms with Gasteiger partial charge in [0.15, 0.2) is 5.78 Å². The van der Waals surface area contributed by atoms with Crippen LogP contribution in [-0.2, 0) is 13.6 Å². The molecule has 108 valence electrons. The molecule has 0 N–H and O–H groups in total. The summed E-state index contributed by atoms with van der Waals surface area (Å²) in [6.45, 7) is 4.52. The second kappa shape index (κ2) is 5.20. The molecule has 3 aromatic rings. The second-order valence-electron chi connectivity index (χ2n) is 5.68. The summed E-state index contributed by atoms with van der Waals surface area (Å²) < 4.78 is 3.92. The Labute approximate surface area is 124 Å². The summed E-state index contributed by atoms with van der Waals surface area (Å²) in [5.41, 5.74) is 2.91. The molecule has 0 spiro atoms. The number of aromatic nitrogens is 3. The van der Waals surface area contributed by atoms with Crippen molar-refractivity contribution in [3.8, 4) is 0 Å². The van der Waals surface area contributed by atoms with Gasteiger partial charge >= 0.3 is 0 Å². The predicted octanol–water partition coefficient (Wildman–Crippen LogP) is 3.26. The van der Waals surface area contributed by atoms with E-state index in [0.717, 1.165) is 22.2 Å². The molecule has 0 saturated heterocycles. The number of ketones is 1. The largest absolute Gasteiger partial charge is 0.347 e. The Morgan fingerprint density at radius 1 is 1.24 bits per heavy atom. The van der Waals surface area contributed by atoms with Gasteiger partial charge in [-0.3, -0.25) is 9.48 Å². The van der Waals surface area contributed by atoms with Gasteiger partial charge in [0.1, 0.15) is 0 Å². The quantitative estimate of drug-likeness (QED) is 0.689. The van der Waals surface area contributed by atoms with Gasteiger partial charge in [-0.2, -0.15) is 5.10 Å². The zero-order valence-electron chi connectivity index (χ0n) is 12.6. The lowest BCUT2D eigenvalue weighted by molar-refractivity contribution is 0.0939. The van der Waals surface area contributed by atoms with Crippen molar-refractivity contribution in [3.05, 3.63) is 54.0 Å². The molecule has 0 fully saturated rings. The molecule has 0 aliphatic rings. The molecule has 4 heteroatoms. The fourth-order valence-electron chi connectivity index (χ4n) is 2.60. The Bertz CT molecular complexity index is 795. The number of benzene rings is 1. The van der Waals surface area contributed by atoms with Crippen molar-refractivity contribution in [3.63, 3.8) is 0 Å². The highest BCUT2D eigenvalue weighted by Crippen LogP contribution is 2.19. The molecule has 0 saturated carbocycles. The van der Waals surface area contributed by atoms with Gasteiger partial charge in [-0.1, -0.05) is 32.0 Å². The van der Waals surface area contributed by atoms with Crippen LogP contribution < -0.4 is 0 Å². The summed E-state index contributed by atoms with van der Waals surface area (Å²) >= 11 is 0. The van der Waals surface area contributed by atoms with Gasteiger partial charge in [0, 0.05) is 36.3 Å². The van der Waals surface area contributed by atoms with E-state index in [9.17, 15) is 4.79 Å². The summed E-state index contributed by atoms with van der Waals surface area (Å²) in [6, 6.07) is 10.1. The lowest BCUT2D eigenvalue weighted by Gasteiger charge is -2.02. The van der Waals surface area contributed by atoms with Gasteiger partial charge in [0.25, 0.3) is 0 Å². The summed E-state index contributed by atoms with van der Waals surface area (Å²) in [5, 5.41) is 5.74. The molecular formula is C17H19N3O. The molecular weight excluding hydrogens is 262 g/mol. The van der Waals surface area contributed by atoms with Gasteiger partial charge < -0.3 is 4.57 Å². The first-order valence-corrected chi connectivity index (χ1v) is 7.17. The van der Waals surface area contributed by atoms with Gasteiger partial charge in [-0.15, -0.1) is 0 Å². The van der Waals surface area contributed by atoms with Crippen LogP contribution in [0.15, 0.2) is 42.7 Å². The highest BCUT2D eigenvalue weighted by Gasteiger charge is 2.13. The third kappa shape index (κ3) is 2.49. The summed E-state index contributed by atoms with van der Waals surface area (Å²) in [4.78, 5) is 12.0. The highest BCUT2D eigenvalue weighted by molar-refractivity contribution is 5.97. The summed E-state index contributed by atoms with van der Waals surface area (Å²) in [6.07, 6.45) is 3.85. The van der Waals surface area contributed by atoms with E-state index >= 15 is 0 Å². The first kappa shape index (κ1) is 13.6. The Kier molecular flexibility index (Phi) is 3.37. The normalized spacial score (nSPS) is 11.4. The molecule has 4 nitrogen and oxygen atoms in total. The molecule has 0 atom stereocenters. The Hall–Kier alpha value is -2.36. The molecule has 0 unspecified atom stereocenters. The minimum Gasteiger partial charge on any atom is -0.347 e. The van der Waals surface area contributed by atoms with Gasteiger partial charge in [-0.25, -0.2) is 0 Å². The van der Waals surface area contributed by atoms with Crippen molar-refractivity contribution < 1.29 is 4.79 Å². The number of hydrogen-bond acceptors (Lipinski definition) is 2. The zero-order chi connectivity index (χ0) is 15.0. The average Bonchev–Trinajstić information content (AvgIpc) is 3.05. The van der Waals surface area contributed by atoms with E-state index in [1.54, 1.807) is 0 Å².